The predicted molar refractivity (Wildman–Crippen MR) is 77.1 cm³/mol. The molecule has 22 heavy (non-hydrogen) atoms. The van der Waals surface area contributed by atoms with Crippen LogP contribution in [0.4, 0.5) is 13.2 Å². The molecular weight excluding hydrogens is 365 g/mol. The fraction of sp³-hybridized carbons (Fsp3) is 0.500. The molecule has 2 aromatic heterocycles. The predicted octanol–water partition coefficient (Wildman–Crippen LogP) is 3.77. The molecule has 4 nitrogen and oxygen atoms in total. The maximum Gasteiger partial charge on any atom is 0.272 e. The summed E-state index contributed by atoms with van der Waals surface area (Å²) in [7, 11) is 0. The Labute approximate surface area is 133 Å². The number of rotatable bonds is 4. The van der Waals surface area contributed by atoms with Crippen molar-refractivity contribution in [3.63, 3.8) is 0 Å². The number of fused-ring (bicyclic) bond motifs is 1. The Kier molecular flexibility index (Phi) is 4.58. The monoisotopic (exact) mass is 378 g/mol. The Balaban J connectivity index is 1.95. The van der Waals surface area contributed by atoms with Crippen molar-refractivity contribution in [3.05, 3.63) is 28.4 Å². The number of aromatic nitrogens is 2. The lowest BCUT2D eigenvalue weighted by Gasteiger charge is -2.19. The highest BCUT2D eigenvalue weighted by Gasteiger charge is 2.22. The molecule has 0 atom stereocenters. The van der Waals surface area contributed by atoms with E-state index in [2.05, 4.69) is 20.9 Å². The molecule has 120 valence electrons. The smallest absolute Gasteiger partial charge is 0.272 e. The molecule has 3 rings (SSSR count). The van der Waals surface area contributed by atoms with E-state index in [1.807, 2.05) is 0 Å². The Hall–Kier alpha value is -1.28. The van der Waals surface area contributed by atoms with Crippen molar-refractivity contribution in [3.8, 4) is 5.75 Å². The number of halogens is 4. The fourth-order valence-corrected chi connectivity index (χ4v) is 3.04. The van der Waals surface area contributed by atoms with Crippen LogP contribution in [-0.2, 0) is 4.74 Å². The molecule has 0 aliphatic carbocycles. The minimum Gasteiger partial charge on any atom is -0.483 e. The quantitative estimate of drug-likeness (QED) is 0.812. The van der Waals surface area contributed by atoms with E-state index in [0.717, 1.165) is 18.5 Å². The number of imidazole rings is 1. The summed E-state index contributed by atoms with van der Waals surface area (Å²) < 4.78 is 50.9. The molecule has 1 aliphatic rings. The highest BCUT2D eigenvalue weighted by molar-refractivity contribution is 9.10. The summed E-state index contributed by atoms with van der Waals surface area (Å²) in [4.78, 5) is 4.31. The lowest BCUT2D eigenvalue weighted by Crippen LogP contribution is -2.14. The van der Waals surface area contributed by atoms with Crippen LogP contribution in [0.15, 0.2) is 16.9 Å². The average Bonchev–Trinajstić information content (AvgIpc) is 2.92. The molecule has 2 aromatic rings. The average molecular weight is 379 g/mol. The zero-order valence-corrected chi connectivity index (χ0v) is 13.2. The van der Waals surface area contributed by atoms with Crippen LogP contribution in [-0.4, -0.2) is 35.6 Å². The van der Waals surface area contributed by atoms with E-state index >= 15 is 0 Å². The van der Waals surface area contributed by atoms with Crippen LogP contribution in [0.25, 0.3) is 5.65 Å². The molecule has 0 N–H and O–H groups in total. The van der Waals surface area contributed by atoms with Gasteiger partial charge in [0.25, 0.3) is 6.43 Å². The van der Waals surface area contributed by atoms with Gasteiger partial charge in [0.15, 0.2) is 11.4 Å². The van der Waals surface area contributed by atoms with Crippen molar-refractivity contribution < 1.29 is 22.6 Å². The summed E-state index contributed by atoms with van der Waals surface area (Å²) in [6.07, 6.45) is 2.33. The van der Waals surface area contributed by atoms with Gasteiger partial charge in [-0.3, -0.25) is 0 Å². The lowest BCUT2D eigenvalue weighted by atomic mass is 9.97. The van der Waals surface area contributed by atoms with Crippen LogP contribution in [0.5, 0.6) is 5.75 Å². The van der Waals surface area contributed by atoms with E-state index in [4.69, 9.17) is 9.47 Å². The highest BCUT2D eigenvalue weighted by Crippen LogP contribution is 2.33. The van der Waals surface area contributed by atoms with Gasteiger partial charge in [0.2, 0.25) is 5.82 Å². The lowest BCUT2D eigenvalue weighted by molar-refractivity contribution is 0.0795. The Morgan fingerprint density at radius 3 is 2.77 bits per heavy atom. The zero-order valence-electron chi connectivity index (χ0n) is 11.6. The molecule has 0 spiro atoms. The third-order valence-electron chi connectivity index (χ3n) is 3.61. The van der Waals surface area contributed by atoms with Gasteiger partial charge >= 0.3 is 0 Å². The van der Waals surface area contributed by atoms with E-state index in [1.54, 1.807) is 16.8 Å². The number of nitrogens with zero attached hydrogens (tertiary/aromatic N) is 2. The van der Waals surface area contributed by atoms with Crippen molar-refractivity contribution in [2.45, 2.75) is 25.2 Å². The SMILES string of the molecule is Fc1c(OCC(F)F)c(Br)cn2cc(C3CCOCC3)nc12. The van der Waals surface area contributed by atoms with Crippen LogP contribution >= 0.6 is 15.9 Å². The maximum absolute atomic E-state index is 14.5. The second-order valence-electron chi connectivity index (χ2n) is 5.11. The zero-order chi connectivity index (χ0) is 15.7. The van der Waals surface area contributed by atoms with Crippen molar-refractivity contribution in [1.29, 1.82) is 0 Å². The highest BCUT2D eigenvalue weighted by atomic mass is 79.9. The minimum atomic E-state index is -2.67. The van der Waals surface area contributed by atoms with Crippen LogP contribution in [0.3, 0.4) is 0 Å². The number of pyridine rings is 1. The summed E-state index contributed by atoms with van der Waals surface area (Å²) in [5.74, 6) is -0.762. The van der Waals surface area contributed by atoms with Crippen molar-refractivity contribution in [2.75, 3.05) is 19.8 Å². The Morgan fingerprint density at radius 2 is 2.09 bits per heavy atom. The molecule has 1 aliphatic heterocycles. The van der Waals surface area contributed by atoms with E-state index < -0.39 is 18.8 Å². The van der Waals surface area contributed by atoms with Gasteiger partial charge in [-0.2, -0.15) is 4.39 Å². The van der Waals surface area contributed by atoms with Crippen LogP contribution in [0, 0.1) is 5.82 Å². The molecule has 3 heterocycles. The van der Waals surface area contributed by atoms with E-state index in [-0.39, 0.29) is 21.8 Å². The molecule has 1 saturated heterocycles. The first-order chi connectivity index (χ1) is 10.6. The summed E-state index contributed by atoms with van der Waals surface area (Å²) >= 11 is 3.15. The summed E-state index contributed by atoms with van der Waals surface area (Å²) in [5.41, 5.74) is 0.856. The van der Waals surface area contributed by atoms with Gasteiger partial charge < -0.3 is 13.9 Å². The number of hydrogen-bond donors (Lipinski definition) is 0. The first kappa shape index (κ1) is 15.6. The second kappa shape index (κ2) is 6.45. The molecule has 0 saturated carbocycles. The number of hydrogen-bond acceptors (Lipinski definition) is 3. The normalized spacial score (nSPS) is 16.6. The third-order valence-corrected chi connectivity index (χ3v) is 4.17. The van der Waals surface area contributed by atoms with Gasteiger partial charge in [-0.05, 0) is 28.8 Å². The van der Waals surface area contributed by atoms with Crippen LogP contribution < -0.4 is 4.74 Å². The Morgan fingerprint density at radius 1 is 1.36 bits per heavy atom. The third kappa shape index (κ3) is 3.08. The molecule has 0 aromatic carbocycles. The first-order valence-electron chi connectivity index (χ1n) is 6.91. The molecule has 0 radical (unpaired) electrons. The Bertz CT molecular complexity index is 672. The van der Waals surface area contributed by atoms with Crippen LogP contribution in [0.1, 0.15) is 24.5 Å². The van der Waals surface area contributed by atoms with Crippen molar-refractivity contribution in [2.24, 2.45) is 0 Å². The fourth-order valence-electron chi connectivity index (χ4n) is 2.53. The van der Waals surface area contributed by atoms with Gasteiger partial charge in [-0.15, -0.1) is 0 Å². The largest absolute Gasteiger partial charge is 0.483 e. The first-order valence-corrected chi connectivity index (χ1v) is 7.71. The molecular formula is C14H14BrF3N2O2. The topological polar surface area (TPSA) is 35.8 Å². The molecule has 0 unspecified atom stereocenters. The van der Waals surface area contributed by atoms with Gasteiger partial charge in [0.1, 0.15) is 6.61 Å². The van der Waals surface area contributed by atoms with Crippen LogP contribution in [0.2, 0.25) is 0 Å². The molecule has 1 fully saturated rings. The maximum atomic E-state index is 14.5. The second-order valence-corrected chi connectivity index (χ2v) is 5.96. The standard InChI is InChI=1S/C14H14BrF3N2O2/c15-9-5-20-6-10(8-1-3-21-4-2-8)19-14(20)12(18)13(9)22-7-11(16)17/h5-6,8,11H,1-4,7H2. The van der Waals surface area contributed by atoms with Crippen molar-refractivity contribution >= 4 is 21.6 Å². The van der Waals surface area contributed by atoms with E-state index in [1.165, 1.54) is 0 Å². The van der Waals surface area contributed by atoms with E-state index in [9.17, 15) is 13.2 Å². The number of ether oxygens (including phenoxy) is 2. The van der Waals surface area contributed by atoms with Gasteiger partial charge in [-0.25, -0.2) is 13.8 Å². The van der Waals surface area contributed by atoms with Crippen molar-refractivity contribution in [1.82, 2.24) is 9.38 Å². The summed E-state index contributed by atoms with van der Waals surface area (Å²) in [6.45, 7) is 0.458. The molecule has 0 amide bonds. The van der Waals surface area contributed by atoms with Gasteiger partial charge in [0, 0.05) is 31.5 Å². The summed E-state index contributed by atoms with van der Waals surface area (Å²) in [6, 6.07) is 0. The number of alkyl halides is 2. The van der Waals surface area contributed by atoms with Gasteiger partial charge in [0.05, 0.1) is 10.2 Å². The van der Waals surface area contributed by atoms with E-state index in [0.29, 0.717) is 13.2 Å². The molecule has 0 bridgehead atoms. The molecule has 8 heteroatoms. The minimum absolute atomic E-state index is 0.0777. The van der Waals surface area contributed by atoms with Gasteiger partial charge in [-0.1, -0.05) is 0 Å². The summed E-state index contributed by atoms with van der Waals surface area (Å²) in [5, 5.41) is 0.